The van der Waals surface area contributed by atoms with Crippen LogP contribution in [-0.2, 0) is 0 Å². The monoisotopic (exact) mass is 440 g/mol. The summed E-state index contributed by atoms with van der Waals surface area (Å²) in [4.78, 5) is 13.5. The fourth-order valence-electron chi connectivity index (χ4n) is 8.90. The Morgan fingerprint density at radius 2 is 1.62 bits per heavy atom. The van der Waals surface area contributed by atoms with Gasteiger partial charge in [0.05, 0.1) is 0 Å². The first-order chi connectivity index (χ1) is 15.2. The average Bonchev–Trinajstić information content (AvgIpc) is 3.14. The van der Waals surface area contributed by atoms with Gasteiger partial charge in [0.2, 0.25) is 0 Å². The minimum atomic E-state index is -0.214. The van der Waals surface area contributed by atoms with Crippen LogP contribution < -0.4 is 0 Å². The summed E-state index contributed by atoms with van der Waals surface area (Å²) in [5.74, 6) is 4.38. The van der Waals surface area contributed by atoms with Gasteiger partial charge in [-0.2, -0.15) is 0 Å². The van der Waals surface area contributed by atoms with E-state index in [0.29, 0.717) is 16.9 Å². The highest BCUT2D eigenvalue weighted by Gasteiger charge is 2.61. The van der Waals surface area contributed by atoms with Gasteiger partial charge in [-0.3, -0.25) is 4.79 Å². The number of carbonyl (C=O) groups excluding carboxylic acids is 1. The lowest BCUT2D eigenvalue weighted by Crippen LogP contribution is -2.53. The SMILES string of the molecule is CC.Cc1cc(C(=O)C2CCC3C4CCC5CC(C)CCC5(C)C4CCC23C)ccc1F. The normalized spacial score (nSPS) is 42.7. The van der Waals surface area contributed by atoms with E-state index in [0.717, 1.165) is 35.7 Å². The minimum absolute atomic E-state index is 0.116. The van der Waals surface area contributed by atoms with E-state index < -0.39 is 0 Å². The molecule has 4 aliphatic rings. The number of ketones is 1. The number of Topliss-reactive ketones (excluding diaryl/α,β-unsaturated/α-hetero) is 1. The van der Waals surface area contributed by atoms with Gasteiger partial charge < -0.3 is 0 Å². The number of hydrogen-bond acceptors (Lipinski definition) is 1. The summed E-state index contributed by atoms with van der Waals surface area (Å²) in [6, 6.07) is 4.96. The second kappa shape index (κ2) is 8.88. The van der Waals surface area contributed by atoms with Gasteiger partial charge in [0, 0.05) is 11.5 Å². The van der Waals surface area contributed by atoms with Crippen LogP contribution in [0.2, 0.25) is 0 Å². The summed E-state index contributed by atoms with van der Waals surface area (Å²) in [5.41, 5.74) is 1.97. The van der Waals surface area contributed by atoms with Crippen molar-refractivity contribution >= 4 is 5.78 Å². The van der Waals surface area contributed by atoms with E-state index in [4.69, 9.17) is 0 Å². The molecule has 8 unspecified atom stereocenters. The maximum absolute atomic E-state index is 13.8. The first-order valence-corrected chi connectivity index (χ1v) is 13.5. The summed E-state index contributed by atoms with van der Waals surface area (Å²) in [6.07, 6.45) is 11.8. The van der Waals surface area contributed by atoms with E-state index in [2.05, 4.69) is 20.8 Å². The van der Waals surface area contributed by atoms with Crippen LogP contribution in [0, 0.1) is 59.1 Å². The third-order valence-corrected chi connectivity index (χ3v) is 10.7. The second-order valence-corrected chi connectivity index (χ2v) is 12.0. The molecule has 5 rings (SSSR count). The molecule has 0 radical (unpaired) electrons. The summed E-state index contributed by atoms with van der Waals surface area (Å²) in [7, 11) is 0. The van der Waals surface area contributed by atoms with Crippen LogP contribution in [-0.4, -0.2) is 5.78 Å². The summed E-state index contributed by atoms with van der Waals surface area (Å²) in [6.45, 7) is 13.3. The maximum Gasteiger partial charge on any atom is 0.166 e. The molecule has 4 saturated carbocycles. The number of aryl methyl sites for hydroxylation is 1. The smallest absolute Gasteiger partial charge is 0.166 e. The molecular weight excluding hydrogens is 395 g/mol. The van der Waals surface area contributed by atoms with Crippen molar-refractivity contribution in [2.45, 2.75) is 99.3 Å². The molecule has 0 spiro atoms. The molecule has 4 fully saturated rings. The predicted octanol–water partition coefficient (Wildman–Crippen LogP) is 8.64. The lowest BCUT2D eigenvalue weighted by atomic mass is 9.44. The van der Waals surface area contributed by atoms with Gasteiger partial charge in [-0.15, -0.1) is 0 Å². The Labute approximate surface area is 195 Å². The zero-order valence-electron chi connectivity index (χ0n) is 21.3. The molecule has 0 aliphatic heterocycles. The lowest BCUT2D eigenvalue weighted by molar-refractivity contribution is -0.114. The van der Waals surface area contributed by atoms with Crippen molar-refractivity contribution in [1.82, 2.24) is 0 Å². The average molecular weight is 441 g/mol. The Balaban J connectivity index is 0.00000119. The Bertz CT molecular complexity index is 845. The number of rotatable bonds is 2. The van der Waals surface area contributed by atoms with Crippen LogP contribution in [0.4, 0.5) is 4.39 Å². The molecule has 0 aromatic heterocycles. The molecule has 0 heterocycles. The molecule has 8 atom stereocenters. The van der Waals surface area contributed by atoms with Gasteiger partial charge in [0.25, 0.3) is 0 Å². The van der Waals surface area contributed by atoms with E-state index in [9.17, 15) is 9.18 Å². The van der Waals surface area contributed by atoms with Crippen molar-refractivity contribution in [1.29, 1.82) is 0 Å². The van der Waals surface area contributed by atoms with Gasteiger partial charge >= 0.3 is 0 Å². The van der Waals surface area contributed by atoms with Crippen LogP contribution >= 0.6 is 0 Å². The summed E-state index contributed by atoms with van der Waals surface area (Å²) in [5, 5.41) is 0. The Hall–Kier alpha value is -1.18. The van der Waals surface area contributed by atoms with Gasteiger partial charge in [-0.25, -0.2) is 4.39 Å². The van der Waals surface area contributed by atoms with Crippen molar-refractivity contribution in [3.8, 4) is 0 Å². The molecule has 32 heavy (non-hydrogen) atoms. The number of carbonyl (C=O) groups is 1. The van der Waals surface area contributed by atoms with E-state index in [1.807, 2.05) is 13.8 Å². The third kappa shape index (κ3) is 3.68. The van der Waals surface area contributed by atoms with Crippen LogP contribution in [0.3, 0.4) is 0 Å². The molecule has 178 valence electrons. The maximum atomic E-state index is 13.8. The highest BCUT2D eigenvalue weighted by molar-refractivity contribution is 5.98. The molecule has 1 aromatic rings. The summed E-state index contributed by atoms with van der Waals surface area (Å²) < 4.78 is 13.8. The first-order valence-electron chi connectivity index (χ1n) is 13.5. The summed E-state index contributed by atoms with van der Waals surface area (Å²) >= 11 is 0. The van der Waals surface area contributed by atoms with Crippen LogP contribution in [0.25, 0.3) is 0 Å². The zero-order valence-corrected chi connectivity index (χ0v) is 21.3. The molecule has 1 nitrogen and oxygen atoms in total. The Kier molecular flexibility index (Phi) is 6.65. The van der Waals surface area contributed by atoms with E-state index >= 15 is 0 Å². The number of benzene rings is 1. The number of fused-ring (bicyclic) bond motifs is 5. The van der Waals surface area contributed by atoms with Gasteiger partial charge in [-0.05, 0) is 122 Å². The van der Waals surface area contributed by atoms with Crippen molar-refractivity contribution in [2.24, 2.45) is 46.3 Å². The predicted molar refractivity (Wildman–Crippen MR) is 131 cm³/mol. The minimum Gasteiger partial charge on any atom is -0.294 e. The molecular formula is C30H45FO. The number of halogens is 1. The number of hydrogen-bond donors (Lipinski definition) is 0. The Morgan fingerprint density at radius 3 is 2.34 bits per heavy atom. The lowest BCUT2D eigenvalue weighted by Gasteiger charge is -2.61. The topological polar surface area (TPSA) is 17.1 Å². The van der Waals surface area contributed by atoms with E-state index in [-0.39, 0.29) is 22.9 Å². The van der Waals surface area contributed by atoms with Gasteiger partial charge in [-0.1, -0.05) is 41.0 Å². The van der Waals surface area contributed by atoms with Crippen molar-refractivity contribution in [3.63, 3.8) is 0 Å². The molecule has 1 aromatic carbocycles. The molecule has 2 heteroatoms. The van der Waals surface area contributed by atoms with Gasteiger partial charge in [0.1, 0.15) is 5.82 Å². The van der Waals surface area contributed by atoms with Gasteiger partial charge in [0.15, 0.2) is 5.78 Å². The third-order valence-electron chi connectivity index (χ3n) is 10.7. The van der Waals surface area contributed by atoms with Crippen LogP contribution in [0.5, 0.6) is 0 Å². The van der Waals surface area contributed by atoms with Crippen LogP contribution in [0.1, 0.15) is 108 Å². The van der Waals surface area contributed by atoms with Crippen molar-refractivity contribution in [2.75, 3.05) is 0 Å². The quantitative estimate of drug-likeness (QED) is 0.421. The molecule has 4 aliphatic carbocycles. The van der Waals surface area contributed by atoms with Crippen LogP contribution in [0.15, 0.2) is 18.2 Å². The van der Waals surface area contributed by atoms with Crippen molar-refractivity contribution < 1.29 is 9.18 Å². The van der Waals surface area contributed by atoms with Crippen molar-refractivity contribution in [3.05, 3.63) is 35.1 Å². The highest BCUT2D eigenvalue weighted by atomic mass is 19.1. The molecule has 0 bridgehead atoms. The van der Waals surface area contributed by atoms with E-state index in [1.165, 1.54) is 57.4 Å². The largest absolute Gasteiger partial charge is 0.294 e. The second-order valence-electron chi connectivity index (χ2n) is 12.0. The molecule has 0 N–H and O–H groups in total. The Morgan fingerprint density at radius 1 is 0.938 bits per heavy atom. The highest BCUT2D eigenvalue weighted by Crippen LogP contribution is 2.68. The fourth-order valence-corrected chi connectivity index (χ4v) is 8.90. The molecule has 0 amide bonds. The molecule has 0 saturated heterocycles. The zero-order chi connectivity index (χ0) is 23.3. The van der Waals surface area contributed by atoms with E-state index in [1.54, 1.807) is 19.1 Å². The fraction of sp³-hybridized carbons (Fsp3) is 0.767. The standard InChI is InChI=1S/C28H39FO.C2H6/c1-17-11-13-27(3)20(15-17)6-7-21-22-8-9-24(28(22,4)14-12-23(21)27)26(30)19-5-10-25(29)18(2)16-19;1-2/h5,10,16-17,20-24H,6-9,11-15H2,1-4H3;1-2H3. The first kappa shape index (κ1) is 24.0.